The van der Waals surface area contributed by atoms with E-state index in [1.165, 1.54) is 0 Å². The highest BCUT2D eigenvalue weighted by Crippen LogP contribution is 2.15. The quantitative estimate of drug-likeness (QED) is 0.490. The molecule has 0 aromatic heterocycles. The van der Waals surface area contributed by atoms with Crippen molar-refractivity contribution in [3.63, 3.8) is 0 Å². The molecule has 0 aliphatic carbocycles. The molecule has 0 radical (unpaired) electrons. The molecule has 0 unspecified atom stereocenters. The lowest BCUT2D eigenvalue weighted by molar-refractivity contribution is -0.143. The molecule has 6 heteroatoms. The molecule has 1 atom stereocenters. The first-order chi connectivity index (χ1) is 12.1. The van der Waals surface area contributed by atoms with Gasteiger partial charge in [-0.15, -0.1) is 6.58 Å². The van der Waals surface area contributed by atoms with E-state index in [4.69, 9.17) is 5.26 Å². The molecule has 6 nitrogen and oxygen atoms in total. The molecule has 25 heavy (non-hydrogen) atoms. The van der Waals surface area contributed by atoms with Crippen molar-refractivity contribution in [1.29, 1.82) is 5.26 Å². The summed E-state index contributed by atoms with van der Waals surface area (Å²) in [5, 5.41) is 10.8. The second-order valence-electron chi connectivity index (χ2n) is 5.49. The van der Waals surface area contributed by atoms with E-state index in [2.05, 4.69) is 16.6 Å². The number of ether oxygens (including phenoxy) is 1. The van der Waals surface area contributed by atoms with E-state index in [0.717, 1.165) is 5.56 Å². The number of rotatable bonds is 11. The third-order valence-electron chi connectivity index (χ3n) is 3.50. The van der Waals surface area contributed by atoms with Crippen molar-refractivity contribution in [1.82, 2.24) is 5.32 Å². The highest BCUT2D eigenvalue weighted by Gasteiger charge is 2.22. The molecular formula is C19H22N2O4. The summed E-state index contributed by atoms with van der Waals surface area (Å²) in [5.74, 6) is -1.66. The molecule has 1 aromatic rings. The van der Waals surface area contributed by atoms with Crippen LogP contribution >= 0.6 is 0 Å². The van der Waals surface area contributed by atoms with Crippen molar-refractivity contribution in [2.75, 3.05) is 13.2 Å². The molecule has 0 aliphatic heterocycles. The van der Waals surface area contributed by atoms with Gasteiger partial charge in [0.1, 0.15) is 18.4 Å². The van der Waals surface area contributed by atoms with Gasteiger partial charge in [-0.2, -0.15) is 5.26 Å². The first kappa shape index (κ1) is 20.1. The normalized spacial score (nSPS) is 11.0. The fraction of sp³-hybridized carbons (Fsp3) is 0.368. The summed E-state index contributed by atoms with van der Waals surface area (Å²) in [5.41, 5.74) is 0.936. The van der Waals surface area contributed by atoms with Gasteiger partial charge >= 0.3 is 5.97 Å². The number of hydrogen-bond donors (Lipinski definition) is 1. The van der Waals surface area contributed by atoms with Crippen molar-refractivity contribution in [3.05, 3.63) is 48.6 Å². The number of carbonyl (C=O) groups is 3. The number of ketones is 1. The minimum absolute atomic E-state index is 0.0250. The van der Waals surface area contributed by atoms with Crippen LogP contribution in [0.15, 0.2) is 43.0 Å². The van der Waals surface area contributed by atoms with Crippen molar-refractivity contribution in [2.45, 2.75) is 25.7 Å². The van der Waals surface area contributed by atoms with Gasteiger partial charge in [0.05, 0.1) is 0 Å². The van der Waals surface area contributed by atoms with Crippen LogP contribution in [0.25, 0.3) is 0 Å². The number of benzene rings is 1. The number of nitriles is 1. The number of allylic oxidation sites excluding steroid dienone is 1. The lowest BCUT2D eigenvalue weighted by atomic mass is 9.92. The monoisotopic (exact) mass is 342 g/mol. The molecule has 1 N–H and O–H groups in total. The van der Waals surface area contributed by atoms with E-state index in [0.29, 0.717) is 19.3 Å². The lowest BCUT2D eigenvalue weighted by Crippen LogP contribution is -2.37. The van der Waals surface area contributed by atoms with Crippen LogP contribution in [-0.2, 0) is 25.5 Å². The third-order valence-corrected chi connectivity index (χ3v) is 3.50. The molecule has 1 rings (SSSR count). The van der Waals surface area contributed by atoms with Crippen LogP contribution in [0.2, 0.25) is 0 Å². The predicted octanol–water partition coefficient (Wildman–Crippen LogP) is 1.95. The zero-order chi connectivity index (χ0) is 18.5. The molecule has 0 fully saturated rings. The topological polar surface area (TPSA) is 96.3 Å². The highest BCUT2D eigenvalue weighted by molar-refractivity contribution is 5.88. The summed E-state index contributed by atoms with van der Waals surface area (Å²) in [6.45, 7) is 2.90. The van der Waals surface area contributed by atoms with Crippen LogP contribution < -0.4 is 5.32 Å². The first-order valence-corrected chi connectivity index (χ1v) is 8.03. The molecule has 132 valence electrons. The summed E-state index contributed by atoms with van der Waals surface area (Å²) >= 11 is 0. The van der Waals surface area contributed by atoms with Crippen molar-refractivity contribution < 1.29 is 19.1 Å². The van der Waals surface area contributed by atoms with Gasteiger partial charge in [-0.05, 0) is 18.4 Å². The van der Waals surface area contributed by atoms with Gasteiger partial charge in [-0.25, -0.2) is 0 Å². The number of esters is 1. The van der Waals surface area contributed by atoms with E-state index < -0.39 is 11.9 Å². The maximum atomic E-state index is 12.4. The Morgan fingerprint density at radius 2 is 2.00 bits per heavy atom. The maximum Gasteiger partial charge on any atom is 0.326 e. The summed E-state index contributed by atoms with van der Waals surface area (Å²) in [7, 11) is 0. The fourth-order valence-corrected chi connectivity index (χ4v) is 2.26. The van der Waals surface area contributed by atoms with Crippen LogP contribution in [0.1, 0.15) is 24.8 Å². The summed E-state index contributed by atoms with van der Waals surface area (Å²) in [6, 6.07) is 11.1. The average molecular weight is 342 g/mol. The minimum Gasteiger partial charge on any atom is -0.449 e. The summed E-state index contributed by atoms with van der Waals surface area (Å²) in [4.78, 5) is 35.8. The molecule has 0 bridgehead atoms. The van der Waals surface area contributed by atoms with Gasteiger partial charge in [0.25, 0.3) is 0 Å². The molecule has 0 aliphatic rings. The third kappa shape index (κ3) is 8.47. The highest BCUT2D eigenvalue weighted by atomic mass is 16.5. The molecule has 1 amide bonds. The predicted molar refractivity (Wildman–Crippen MR) is 92.3 cm³/mol. The smallest absolute Gasteiger partial charge is 0.326 e. The number of carbonyl (C=O) groups excluding carboxylic acids is 3. The molecule has 1 aromatic carbocycles. The van der Waals surface area contributed by atoms with Gasteiger partial charge in [-0.3, -0.25) is 14.4 Å². The standard InChI is InChI=1S/C19H22N2O4/c1-2-3-9-17(22)13-16(12-15-7-5-4-6-8-15)19(24)21-14-18(23)25-11-10-20/h2,4-8,16H,1,3,9,11-14H2,(H,21,24)/t16-/m1/s1. The number of nitrogens with zero attached hydrogens (tertiary/aromatic N) is 1. The zero-order valence-electron chi connectivity index (χ0n) is 14.1. The van der Waals surface area contributed by atoms with E-state index in [1.807, 2.05) is 30.3 Å². The summed E-state index contributed by atoms with van der Waals surface area (Å²) < 4.78 is 4.58. The first-order valence-electron chi connectivity index (χ1n) is 8.03. The Hall–Kier alpha value is -2.94. The average Bonchev–Trinajstić information content (AvgIpc) is 2.63. The molecule has 0 saturated heterocycles. The molecule has 0 saturated carbocycles. The number of amides is 1. The van der Waals surface area contributed by atoms with Gasteiger partial charge in [0, 0.05) is 18.8 Å². The Bertz CT molecular complexity index is 635. The maximum absolute atomic E-state index is 12.4. The molecule has 0 spiro atoms. The van der Waals surface area contributed by atoms with Crippen molar-refractivity contribution in [2.24, 2.45) is 5.92 Å². The van der Waals surface area contributed by atoms with Gasteiger partial charge in [0.15, 0.2) is 6.61 Å². The molecular weight excluding hydrogens is 320 g/mol. The number of Topliss-reactive ketones (excluding diaryl/α,β-unsaturated/α-hetero) is 1. The van der Waals surface area contributed by atoms with Crippen LogP contribution in [0, 0.1) is 17.2 Å². The SMILES string of the molecule is C=CCCC(=O)C[C@@H](Cc1ccccc1)C(=O)NCC(=O)OCC#N. The van der Waals surface area contributed by atoms with Gasteiger partial charge in [0.2, 0.25) is 5.91 Å². The Morgan fingerprint density at radius 3 is 2.64 bits per heavy atom. The van der Waals surface area contributed by atoms with Crippen LogP contribution in [0.5, 0.6) is 0 Å². The Labute approximate surface area is 147 Å². The Morgan fingerprint density at radius 1 is 1.28 bits per heavy atom. The molecule has 0 heterocycles. The second-order valence-corrected chi connectivity index (χ2v) is 5.49. The Kier molecular flexibility index (Phi) is 9.31. The largest absolute Gasteiger partial charge is 0.449 e. The van der Waals surface area contributed by atoms with Crippen molar-refractivity contribution in [3.8, 4) is 6.07 Å². The van der Waals surface area contributed by atoms with E-state index >= 15 is 0 Å². The van der Waals surface area contributed by atoms with Crippen LogP contribution in [0.4, 0.5) is 0 Å². The summed E-state index contributed by atoms with van der Waals surface area (Å²) in [6.07, 6.45) is 3.07. The minimum atomic E-state index is -0.689. The van der Waals surface area contributed by atoms with Crippen molar-refractivity contribution >= 4 is 17.7 Å². The van der Waals surface area contributed by atoms with E-state index in [9.17, 15) is 14.4 Å². The van der Waals surface area contributed by atoms with E-state index in [1.54, 1.807) is 12.1 Å². The number of hydrogen-bond acceptors (Lipinski definition) is 5. The second kappa shape index (κ2) is 11.6. The number of nitrogens with one attached hydrogen (secondary N) is 1. The van der Waals surface area contributed by atoms with Gasteiger partial charge in [-0.1, -0.05) is 36.4 Å². The van der Waals surface area contributed by atoms with Gasteiger partial charge < -0.3 is 10.1 Å². The lowest BCUT2D eigenvalue weighted by Gasteiger charge is -2.16. The zero-order valence-corrected chi connectivity index (χ0v) is 14.1. The Balaban J connectivity index is 2.66. The van der Waals surface area contributed by atoms with Crippen LogP contribution in [0.3, 0.4) is 0 Å². The fourth-order valence-electron chi connectivity index (χ4n) is 2.26. The van der Waals surface area contributed by atoms with E-state index in [-0.39, 0.29) is 31.3 Å². The van der Waals surface area contributed by atoms with Crippen LogP contribution in [-0.4, -0.2) is 30.8 Å².